The Bertz CT molecular complexity index is 457. The molecule has 2 N–H and O–H groups in total. The molecule has 0 saturated carbocycles. The highest BCUT2D eigenvalue weighted by molar-refractivity contribution is 5.55. The van der Waals surface area contributed by atoms with Crippen LogP contribution in [0.4, 0.5) is 23.2 Å². The van der Waals surface area contributed by atoms with Crippen LogP contribution >= 0.6 is 0 Å². The first kappa shape index (κ1) is 17.8. The van der Waals surface area contributed by atoms with Crippen LogP contribution in [0.25, 0.3) is 0 Å². The molecule has 0 saturated heterocycles. The predicted molar refractivity (Wildman–Crippen MR) is 76.9 cm³/mol. The average molecular weight is 306 g/mol. The van der Waals surface area contributed by atoms with Gasteiger partial charge in [0.15, 0.2) is 0 Å². The van der Waals surface area contributed by atoms with Gasteiger partial charge in [0, 0.05) is 23.3 Å². The minimum atomic E-state index is -4.35. The number of nitrogens with two attached hydrogens (primary N) is 1. The number of rotatable bonds is 6. The van der Waals surface area contributed by atoms with E-state index >= 15 is 0 Å². The fourth-order valence-electron chi connectivity index (χ4n) is 2.16. The van der Waals surface area contributed by atoms with E-state index in [4.69, 9.17) is 5.73 Å². The molecular formula is C15H22F4N2. The van der Waals surface area contributed by atoms with Gasteiger partial charge in [-0.2, -0.15) is 13.2 Å². The monoisotopic (exact) mass is 306 g/mol. The topological polar surface area (TPSA) is 29.3 Å². The Kier molecular flexibility index (Phi) is 6.01. The van der Waals surface area contributed by atoms with E-state index in [-0.39, 0.29) is 23.7 Å². The van der Waals surface area contributed by atoms with Gasteiger partial charge in [-0.1, -0.05) is 13.0 Å². The highest BCUT2D eigenvalue weighted by atomic mass is 19.4. The number of hydrogen-bond donors (Lipinski definition) is 1. The smallest absolute Gasteiger partial charge is 0.360 e. The van der Waals surface area contributed by atoms with Crippen molar-refractivity contribution in [3.05, 3.63) is 29.6 Å². The second-order valence-corrected chi connectivity index (χ2v) is 5.45. The molecule has 21 heavy (non-hydrogen) atoms. The van der Waals surface area contributed by atoms with Gasteiger partial charge in [0.1, 0.15) is 12.4 Å². The van der Waals surface area contributed by atoms with Crippen LogP contribution in [0.5, 0.6) is 0 Å². The van der Waals surface area contributed by atoms with Gasteiger partial charge < -0.3 is 10.6 Å². The normalized spacial score (nSPS) is 13.6. The molecule has 0 amide bonds. The predicted octanol–water partition coefficient (Wildman–Crippen LogP) is 3.88. The summed E-state index contributed by atoms with van der Waals surface area (Å²) >= 11 is 0. The summed E-state index contributed by atoms with van der Waals surface area (Å²) in [6.07, 6.45) is -3.49. The first-order chi connectivity index (χ1) is 9.65. The minimum absolute atomic E-state index is 0.222. The lowest BCUT2D eigenvalue weighted by atomic mass is 10.0. The van der Waals surface area contributed by atoms with Crippen LogP contribution < -0.4 is 10.6 Å². The molecule has 0 spiro atoms. The van der Waals surface area contributed by atoms with Crippen LogP contribution in [-0.4, -0.2) is 24.8 Å². The number of nitrogens with zero attached hydrogens (tertiary/aromatic N) is 1. The van der Waals surface area contributed by atoms with E-state index in [9.17, 15) is 17.6 Å². The van der Waals surface area contributed by atoms with Crippen molar-refractivity contribution in [2.24, 2.45) is 5.73 Å². The third-order valence-electron chi connectivity index (χ3n) is 3.37. The van der Waals surface area contributed by atoms with Crippen molar-refractivity contribution in [3.63, 3.8) is 0 Å². The SMILES string of the molecule is CCC(N)Cc1c(F)cccc1N(CC(F)(F)F)C(C)C. The maximum Gasteiger partial charge on any atom is 0.405 e. The third kappa shape index (κ3) is 5.19. The van der Waals surface area contributed by atoms with E-state index in [1.807, 2.05) is 6.92 Å². The highest BCUT2D eigenvalue weighted by Gasteiger charge is 2.33. The number of anilines is 1. The number of halogens is 4. The van der Waals surface area contributed by atoms with E-state index in [1.54, 1.807) is 13.8 Å². The van der Waals surface area contributed by atoms with Crippen molar-refractivity contribution in [1.82, 2.24) is 0 Å². The molecule has 0 aromatic heterocycles. The first-order valence-corrected chi connectivity index (χ1v) is 7.02. The standard InChI is InChI=1S/C15H22F4N2/c1-4-11(20)8-12-13(16)6-5-7-14(12)21(10(2)3)9-15(17,18)19/h5-7,10-11H,4,8-9,20H2,1-3H3. The molecule has 0 aliphatic carbocycles. The van der Waals surface area contributed by atoms with Crippen molar-refractivity contribution in [2.45, 2.75) is 51.9 Å². The summed E-state index contributed by atoms with van der Waals surface area (Å²) < 4.78 is 52.3. The van der Waals surface area contributed by atoms with Gasteiger partial charge >= 0.3 is 6.18 Å². The molecular weight excluding hydrogens is 284 g/mol. The molecule has 0 radical (unpaired) electrons. The summed E-state index contributed by atoms with van der Waals surface area (Å²) in [6, 6.07) is 3.53. The quantitative estimate of drug-likeness (QED) is 0.808. The summed E-state index contributed by atoms with van der Waals surface area (Å²) in [6.45, 7) is 4.06. The summed E-state index contributed by atoms with van der Waals surface area (Å²) in [7, 11) is 0. The van der Waals surface area contributed by atoms with Gasteiger partial charge in [0.05, 0.1) is 0 Å². The lowest BCUT2D eigenvalue weighted by Gasteiger charge is -2.32. The van der Waals surface area contributed by atoms with Crippen LogP contribution in [0.2, 0.25) is 0 Å². The van der Waals surface area contributed by atoms with Gasteiger partial charge in [-0.15, -0.1) is 0 Å². The van der Waals surface area contributed by atoms with Crippen LogP contribution in [0.15, 0.2) is 18.2 Å². The van der Waals surface area contributed by atoms with E-state index < -0.39 is 24.6 Å². The summed E-state index contributed by atoms with van der Waals surface area (Å²) in [5, 5.41) is 0. The van der Waals surface area contributed by atoms with Gasteiger partial charge in [0.25, 0.3) is 0 Å². The molecule has 120 valence electrons. The molecule has 0 fully saturated rings. The Balaban J connectivity index is 3.21. The van der Waals surface area contributed by atoms with Crippen LogP contribution in [-0.2, 0) is 6.42 Å². The maximum absolute atomic E-state index is 14.0. The number of alkyl halides is 3. The Labute approximate surface area is 122 Å². The molecule has 1 atom stereocenters. The number of benzene rings is 1. The zero-order valence-electron chi connectivity index (χ0n) is 12.5. The lowest BCUT2D eigenvalue weighted by molar-refractivity contribution is -0.120. The molecule has 1 aromatic carbocycles. The molecule has 1 unspecified atom stereocenters. The van der Waals surface area contributed by atoms with E-state index in [2.05, 4.69) is 0 Å². The lowest BCUT2D eigenvalue weighted by Crippen LogP contribution is -2.40. The molecule has 0 heterocycles. The maximum atomic E-state index is 14.0. The fraction of sp³-hybridized carbons (Fsp3) is 0.600. The first-order valence-electron chi connectivity index (χ1n) is 7.02. The van der Waals surface area contributed by atoms with Gasteiger partial charge in [0.2, 0.25) is 0 Å². The molecule has 6 heteroatoms. The molecule has 0 aliphatic heterocycles. The van der Waals surface area contributed by atoms with Crippen molar-refractivity contribution >= 4 is 5.69 Å². The third-order valence-corrected chi connectivity index (χ3v) is 3.37. The van der Waals surface area contributed by atoms with E-state index in [0.717, 1.165) is 0 Å². The summed E-state index contributed by atoms with van der Waals surface area (Å²) in [5.41, 5.74) is 6.36. The Hall–Kier alpha value is -1.30. The average Bonchev–Trinajstić information content (AvgIpc) is 2.37. The largest absolute Gasteiger partial charge is 0.405 e. The second-order valence-electron chi connectivity index (χ2n) is 5.45. The summed E-state index contributed by atoms with van der Waals surface area (Å²) in [4.78, 5) is 1.17. The van der Waals surface area contributed by atoms with Gasteiger partial charge in [-0.3, -0.25) is 0 Å². The van der Waals surface area contributed by atoms with Crippen LogP contribution in [0.3, 0.4) is 0 Å². The Morgan fingerprint density at radius 3 is 2.33 bits per heavy atom. The van der Waals surface area contributed by atoms with E-state index in [0.29, 0.717) is 6.42 Å². The molecule has 0 aliphatic rings. The Morgan fingerprint density at radius 1 is 1.24 bits per heavy atom. The second kappa shape index (κ2) is 7.11. The van der Waals surface area contributed by atoms with Crippen molar-refractivity contribution in [2.75, 3.05) is 11.4 Å². The van der Waals surface area contributed by atoms with Crippen LogP contribution in [0.1, 0.15) is 32.8 Å². The van der Waals surface area contributed by atoms with Crippen molar-refractivity contribution in [3.8, 4) is 0 Å². The molecule has 0 bridgehead atoms. The summed E-state index contributed by atoms with van der Waals surface area (Å²) in [5.74, 6) is -0.510. The van der Waals surface area contributed by atoms with Gasteiger partial charge in [-0.05, 0) is 38.8 Å². The van der Waals surface area contributed by atoms with Gasteiger partial charge in [-0.25, -0.2) is 4.39 Å². The molecule has 2 nitrogen and oxygen atoms in total. The van der Waals surface area contributed by atoms with Crippen molar-refractivity contribution in [1.29, 1.82) is 0 Å². The fourth-order valence-corrected chi connectivity index (χ4v) is 2.16. The zero-order valence-corrected chi connectivity index (χ0v) is 12.5. The molecule has 1 aromatic rings. The minimum Gasteiger partial charge on any atom is -0.360 e. The zero-order chi connectivity index (χ0) is 16.2. The van der Waals surface area contributed by atoms with E-state index in [1.165, 1.54) is 23.1 Å². The number of hydrogen-bond acceptors (Lipinski definition) is 2. The van der Waals surface area contributed by atoms with Crippen molar-refractivity contribution < 1.29 is 17.6 Å². The Morgan fingerprint density at radius 2 is 1.86 bits per heavy atom. The molecule has 1 rings (SSSR count). The highest BCUT2D eigenvalue weighted by Crippen LogP contribution is 2.29. The van der Waals surface area contributed by atoms with Crippen LogP contribution in [0, 0.1) is 5.82 Å².